The van der Waals surface area contributed by atoms with Crippen molar-refractivity contribution in [2.75, 3.05) is 0 Å². The van der Waals surface area contributed by atoms with E-state index in [1.165, 1.54) is 24.3 Å². The van der Waals surface area contributed by atoms with Crippen molar-refractivity contribution in [2.24, 2.45) is 0 Å². The number of urea groups is 1. The predicted molar refractivity (Wildman–Crippen MR) is 99.8 cm³/mol. The first-order valence-electron chi connectivity index (χ1n) is 9.38. The molecule has 0 radical (unpaired) electrons. The number of fused-ring (bicyclic) bond motifs is 2. The molecule has 29 heavy (non-hydrogen) atoms. The molecule has 1 N–H and O–H groups in total. The molecule has 1 aliphatic carbocycles. The number of imide groups is 1. The van der Waals surface area contributed by atoms with E-state index in [-0.39, 0.29) is 30.1 Å². The monoisotopic (exact) mass is 392 g/mol. The van der Waals surface area contributed by atoms with Crippen LogP contribution in [-0.2, 0) is 23.3 Å². The number of hydrogen-bond donors (Lipinski definition) is 1. The van der Waals surface area contributed by atoms with Crippen LogP contribution in [0.5, 0.6) is 0 Å². The third-order valence-corrected chi connectivity index (χ3v) is 5.50. The van der Waals surface area contributed by atoms with Gasteiger partial charge in [-0.05, 0) is 54.7 Å². The highest BCUT2D eigenvalue weighted by atomic mass is 19.1. The van der Waals surface area contributed by atoms with Gasteiger partial charge in [-0.15, -0.1) is 10.2 Å². The molecule has 1 aromatic heterocycles. The SMILES string of the molecule is O=C1NC2(CCCc3ccccc32)C(=O)N1Cc1nnc(-c2ccc(F)cc2)o1. The highest BCUT2D eigenvalue weighted by molar-refractivity contribution is 6.07. The van der Waals surface area contributed by atoms with Crippen LogP contribution < -0.4 is 5.32 Å². The van der Waals surface area contributed by atoms with Crippen LogP contribution in [0, 0.1) is 5.82 Å². The molecule has 1 unspecified atom stereocenters. The largest absolute Gasteiger partial charge is 0.419 e. The van der Waals surface area contributed by atoms with Crippen LogP contribution in [0.4, 0.5) is 9.18 Å². The quantitative estimate of drug-likeness (QED) is 0.692. The van der Waals surface area contributed by atoms with Crippen molar-refractivity contribution >= 4 is 11.9 Å². The van der Waals surface area contributed by atoms with Crippen molar-refractivity contribution in [1.29, 1.82) is 0 Å². The number of benzene rings is 2. The molecule has 7 nitrogen and oxygen atoms in total. The zero-order chi connectivity index (χ0) is 20.0. The number of halogens is 1. The molecule has 1 aliphatic heterocycles. The number of nitrogens with zero attached hydrogens (tertiary/aromatic N) is 3. The number of amides is 3. The molecule has 1 fully saturated rings. The average Bonchev–Trinajstić information content (AvgIpc) is 3.29. The minimum absolute atomic E-state index is 0.122. The fourth-order valence-electron chi connectivity index (χ4n) is 4.12. The number of rotatable bonds is 3. The Balaban J connectivity index is 1.42. The van der Waals surface area contributed by atoms with Gasteiger partial charge < -0.3 is 9.73 Å². The van der Waals surface area contributed by atoms with E-state index in [2.05, 4.69) is 15.5 Å². The topological polar surface area (TPSA) is 88.3 Å². The molecule has 3 amide bonds. The number of nitrogens with one attached hydrogen (secondary N) is 1. The molecule has 2 aliphatic rings. The number of carbonyl (C=O) groups is 2. The number of aromatic nitrogens is 2. The Morgan fingerprint density at radius 2 is 1.90 bits per heavy atom. The van der Waals surface area contributed by atoms with Crippen molar-refractivity contribution in [1.82, 2.24) is 20.4 Å². The lowest BCUT2D eigenvalue weighted by Crippen LogP contribution is -2.46. The van der Waals surface area contributed by atoms with Gasteiger partial charge in [0.05, 0.1) is 0 Å². The van der Waals surface area contributed by atoms with Crippen LogP contribution in [0.15, 0.2) is 52.9 Å². The van der Waals surface area contributed by atoms with Crippen LogP contribution >= 0.6 is 0 Å². The molecule has 5 rings (SSSR count). The first-order valence-corrected chi connectivity index (χ1v) is 9.38. The third-order valence-electron chi connectivity index (χ3n) is 5.50. The van der Waals surface area contributed by atoms with Crippen LogP contribution in [0.1, 0.15) is 29.9 Å². The molecular weight excluding hydrogens is 375 g/mol. The smallest absolute Gasteiger partial charge is 0.325 e. The Bertz CT molecular complexity index is 1110. The summed E-state index contributed by atoms with van der Waals surface area (Å²) in [6.07, 6.45) is 2.24. The van der Waals surface area contributed by atoms with Gasteiger partial charge in [-0.3, -0.25) is 9.69 Å². The first kappa shape index (κ1) is 17.5. The van der Waals surface area contributed by atoms with Gasteiger partial charge in [-0.1, -0.05) is 24.3 Å². The molecule has 2 heterocycles. The summed E-state index contributed by atoms with van der Waals surface area (Å²) >= 11 is 0. The van der Waals surface area contributed by atoms with E-state index in [4.69, 9.17) is 4.42 Å². The van der Waals surface area contributed by atoms with E-state index < -0.39 is 11.6 Å². The van der Waals surface area contributed by atoms with Gasteiger partial charge in [0, 0.05) is 5.56 Å². The fourth-order valence-corrected chi connectivity index (χ4v) is 4.12. The number of aryl methyl sites for hydroxylation is 1. The highest BCUT2D eigenvalue weighted by Crippen LogP contribution is 2.40. The molecule has 1 atom stereocenters. The Morgan fingerprint density at radius 3 is 2.72 bits per heavy atom. The van der Waals surface area contributed by atoms with E-state index >= 15 is 0 Å². The Kier molecular flexibility index (Phi) is 3.94. The van der Waals surface area contributed by atoms with Crippen molar-refractivity contribution in [3.05, 3.63) is 71.4 Å². The summed E-state index contributed by atoms with van der Waals surface area (Å²) in [5.41, 5.74) is 1.45. The normalized spacial score (nSPS) is 20.8. The lowest BCUT2D eigenvalue weighted by molar-refractivity contribution is -0.132. The molecule has 1 spiro atoms. The second kappa shape index (κ2) is 6.51. The standard InChI is InChI=1S/C21H17FN4O3/c22-15-9-7-14(8-10-15)18-25-24-17(29-18)12-26-19(27)21(23-20(26)28)11-3-5-13-4-1-2-6-16(13)21/h1-2,4,6-10H,3,5,11-12H2,(H,23,28). The van der Waals surface area contributed by atoms with Crippen LogP contribution in [0.2, 0.25) is 0 Å². The van der Waals surface area contributed by atoms with Gasteiger partial charge in [0.15, 0.2) is 0 Å². The Morgan fingerprint density at radius 1 is 1.10 bits per heavy atom. The van der Waals surface area contributed by atoms with E-state index in [1.807, 2.05) is 24.3 Å². The number of carbonyl (C=O) groups excluding carboxylic acids is 2. The fraction of sp³-hybridized carbons (Fsp3) is 0.238. The Labute approximate surface area is 165 Å². The van der Waals surface area contributed by atoms with Crippen LogP contribution in [0.25, 0.3) is 11.5 Å². The van der Waals surface area contributed by atoms with Gasteiger partial charge in [-0.2, -0.15) is 0 Å². The van der Waals surface area contributed by atoms with Gasteiger partial charge in [0.2, 0.25) is 11.8 Å². The van der Waals surface area contributed by atoms with Crippen LogP contribution in [-0.4, -0.2) is 27.0 Å². The summed E-state index contributed by atoms with van der Waals surface area (Å²) in [5.74, 6) is -0.346. The summed E-state index contributed by atoms with van der Waals surface area (Å²) in [4.78, 5) is 27.0. The van der Waals surface area contributed by atoms with E-state index in [0.717, 1.165) is 28.9 Å². The Hall–Kier alpha value is -3.55. The summed E-state index contributed by atoms with van der Waals surface area (Å²) in [7, 11) is 0. The zero-order valence-electron chi connectivity index (χ0n) is 15.4. The third kappa shape index (κ3) is 2.79. The first-order chi connectivity index (χ1) is 14.1. The highest BCUT2D eigenvalue weighted by Gasteiger charge is 2.54. The van der Waals surface area contributed by atoms with Crippen molar-refractivity contribution in [3.8, 4) is 11.5 Å². The minimum Gasteiger partial charge on any atom is -0.419 e. The van der Waals surface area contributed by atoms with E-state index in [0.29, 0.717) is 12.0 Å². The maximum Gasteiger partial charge on any atom is 0.325 e. The van der Waals surface area contributed by atoms with Gasteiger partial charge >= 0.3 is 6.03 Å². The molecule has 8 heteroatoms. The number of hydrogen-bond acceptors (Lipinski definition) is 5. The second-order valence-corrected chi connectivity index (χ2v) is 7.25. The average molecular weight is 392 g/mol. The lowest BCUT2D eigenvalue weighted by atomic mass is 9.76. The summed E-state index contributed by atoms with van der Waals surface area (Å²) < 4.78 is 18.7. The summed E-state index contributed by atoms with van der Waals surface area (Å²) in [6, 6.07) is 12.9. The van der Waals surface area contributed by atoms with Gasteiger partial charge in [-0.25, -0.2) is 9.18 Å². The molecule has 2 aromatic carbocycles. The predicted octanol–water partition coefficient (Wildman–Crippen LogP) is 3.16. The van der Waals surface area contributed by atoms with Gasteiger partial charge in [0.1, 0.15) is 17.9 Å². The van der Waals surface area contributed by atoms with Crippen molar-refractivity contribution in [3.63, 3.8) is 0 Å². The second-order valence-electron chi connectivity index (χ2n) is 7.25. The lowest BCUT2D eigenvalue weighted by Gasteiger charge is -2.33. The molecule has 1 saturated heterocycles. The van der Waals surface area contributed by atoms with Crippen molar-refractivity contribution in [2.45, 2.75) is 31.3 Å². The summed E-state index contributed by atoms with van der Waals surface area (Å²) in [5, 5.41) is 10.8. The van der Waals surface area contributed by atoms with E-state index in [9.17, 15) is 14.0 Å². The van der Waals surface area contributed by atoms with Crippen LogP contribution in [0.3, 0.4) is 0 Å². The van der Waals surface area contributed by atoms with Gasteiger partial charge in [0.25, 0.3) is 5.91 Å². The maximum absolute atomic E-state index is 13.3. The van der Waals surface area contributed by atoms with Crippen molar-refractivity contribution < 1.29 is 18.4 Å². The molecule has 0 saturated carbocycles. The maximum atomic E-state index is 13.3. The molecule has 3 aromatic rings. The molecule has 0 bridgehead atoms. The summed E-state index contributed by atoms with van der Waals surface area (Å²) in [6.45, 7) is -0.122. The minimum atomic E-state index is -1.04. The zero-order valence-corrected chi connectivity index (χ0v) is 15.4. The molecule has 146 valence electrons. The molecular formula is C21H17FN4O3. The van der Waals surface area contributed by atoms with E-state index in [1.54, 1.807) is 0 Å².